The predicted octanol–water partition coefficient (Wildman–Crippen LogP) is 5.02. The van der Waals surface area contributed by atoms with E-state index >= 15 is 4.39 Å². The first-order chi connectivity index (χ1) is 13.6. The average Bonchev–Trinajstić information content (AvgIpc) is 3.38. The SMILES string of the molecule is Cc1ccnc(-c2cccc(C[C@H]3[C@@H](C)C(F)(F)CN3C(=O)C3(C)CC3)c2F)c1. The van der Waals surface area contributed by atoms with E-state index in [1.807, 2.05) is 19.9 Å². The predicted molar refractivity (Wildman–Crippen MR) is 105 cm³/mol. The van der Waals surface area contributed by atoms with Gasteiger partial charge in [-0.2, -0.15) is 0 Å². The molecule has 1 amide bonds. The standard InChI is InChI=1S/C23H25F3N2O/c1-14-7-10-27-18(11-14)17-6-4-5-16(20(17)24)12-19-15(2)23(25,26)13-28(19)21(29)22(3)8-9-22/h4-7,10-11,15,19H,8-9,12-13H2,1-3H3/t15-,19+/m1/s1. The number of likely N-dealkylation sites (tertiary alicyclic amines) is 1. The van der Waals surface area contributed by atoms with Crippen molar-refractivity contribution in [2.24, 2.45) is 11.3 Å². The summed E-state index contributed by atoms with van der Waals surface area (Å²) in [5.74, 6) is -4.70. The molecule has 6 heteroatoms. The summed E-state index contributed by atoms with van der Waals surface area (Å²) >= 11 is 0. The lowest BCUT2D eigenvalue weighted by Gasteiger charge is -2.29. The number of alkyl halides is 2. The molecule has 0 N–H and O–H groups in total. The monoisotopic (exact) mass is 402 g/mol. The Balaban J connectivity index is 1.67. The van der Waals surface area contributed by atoms with E-state index in [2.05, 4.69) is 4.98 Å². The molecular weight excluding hydrogens is 377 g/mol. The molecule has 2 aliphatic rings. The molecule has 2 fully saturated rings. The Bertz CT molecular complexity index is 955. The topological polar surface area (TPSA) is 33.2 Å². The van der Waals surface area contributed by atoms with Gasteiger partial charge in [0, 0.05) is 29.1 Å². The van der Waals surface area contributed by atoms with E-state index in [0.29, 0.717) is 16.8 Å². The zero-order chi connectivity index (χ0) is 21.0. The van der Waals surface area contributed by atoms with Crippen LogP contribution in [0.4, 0.5) is 13.2 Å². The van der Waals surface area contributed by atoms with Gasteiger partial charge in [-0.05, 0) is 55.5 Å². The quantitative estimate of drug-likeness (QED) is 0.719. The van der Waals surface area contributed by atoms with Crippen molar-refractivity contribution >= 4 is 5.91 Å². The summed E-state index contributed by atoms with van der Waals surface area (Å²) < 4.78 is 44.3. The summed E-state index contributed by atoms with van der Waals surface area (Å²) in [6.07, 6.45) is 3.12. The lowest BCUT2D eigenvalue weighted by atomic mass is 9.92. The fourth-order valence-electron chi connectivity index (χ4n) is 4.14. The Morgan fingerprint density at radius 3 is 2.66 bits per heavy atom. The van der Waals surface area contributed by atoms with Gasteiger partial charge in [0.1, 0.15) is 5.82 Å². The van der Waals surface area contributed by atoms with Gasteiger partial charge in [0.15, 0.2) is 0 Å². The van der Waals surface area contributed by atoms with Gasteiger partial charge < -0.3 is 4.90 Å². The maximum absolute atomic E-state index is 15.3. The number of hydrogen-bond donors (Lipinski definition) is 0. The highest BCUT2D eigenvalue weighted by Gasteiger charge is 2.57. The Morgan fingerprint density at radius 2 is 2.00 bits per heavy atom. The zero-order valence-electron chi connectivity index (χ0n) is 16.9. The lowest BCUT2D eigenvalue weighted by Crippen LogP contribution is -2.42. The van der Waals surface area contributed by atoms with Crippen molar-refractivity contribution in [2.45, 2.75) is 52.0 Å². The van der Waals surface area contributed by atoms with E-state index in [0.717, 1.165) is 18.4 Å². The molecule has 1 saturated heterocycles. The summed E-state index contributed by atoms with van der Waals surface area (Å²) in [6, 6.07) is 7.85. The highest BCUT2D eigenvalue weighted by molar-refractivity contribution is 5.85. The molecule has 3 nitrogen and oxygen atoms in total. The highest BCUT2D eigenvalue weighted by atomic mass is 19.3. The van der Waals surface area contributed by atoms with Crippen LogP contribution in [0.2, 0.25) is 0 Å². The number of aryl methyl sites for hydroxylation is 1. The van der Waals surface area contributed by atoms with E-state index in [-0.39, 0.29) is 12.3 Å². The number of halogens is 3. The minimum absolute atomic E-state index is 0.0596. The summed E-state index contributed by atoms with van der Waals surface area (Å²) in [5.41, 5.74) is 1.60. The molecule has 0 unspecified atom stereocenters. The van der Waals surface area contributed by atoms with E-state index in [1.165, 1.54) is 11.8 Å². The number of amides is 1. The maximum Gasteiger partial charge on any atom is 0.269 e. The van der Waals surface area contributed by atoms with E-state index in [4.69, 9.17) is 0 Å². The van der Waals surface area contributed by atoms with Crippen LogP contribution in [-0.4, -0.2) is 34.3 Å². The van der Waals surface area contributed by atoms with Crippen LogP contribution in [0.25, 0.3) is 11.3 Å². The van der Waals surface area contributed by atoms with Crippen molar-refractivity contribution in [1.82, 2.24) is 9.88 Å². The van der Waals surface area contributed by atoms with Crippen LogP contribution in [0.1, 0.15) is 37.8 Å². The fraction of sp³-hybridized carbons (Fsp3) is 0.478. The first kappa shape index (κ1) is 19.9. The van der Waals surface area contributed by atoms with Gasteiger partial charge in [0.2, 0.25) is 5.91 Å². The molecule has 1 aromatic heterocycles. The van der Waals surface area contributed by atoms with E-state index in [9.17, 15) is 13.6 Å². The van der Waals surface area contributed by atoms with Gasteiger partial charge >= 0.3 is 0 Å². The molecular formula is C23H25F3N2O. The molecule has 1 aliphatic heterocycles. The van der Waals surface area contributed by atoms with Gasteiger partial charge in [0.05, 0.1) is 12.2 Å². The zero-order valence-corrected chi connectivity index (χ0v) is 16.9. The van der Waals surface area contributed by atoms with Crippen molar-refractivity contribution in [3.05, 3.63) is 53.5 Å². The van der Waals surface area contributed by atoms with Crippen LogP contribution in [0, 0.1) is 24.1 Å². The molecule has 29 heavy (non-hydrogen) atoms. The number of aromatic nitrogens is 1. The van der Waals surface area contributed by atoms with Crippen LogP contribution in [0.3, 0.4) is 0 Å². The van der Waals surface area contributed by atoms with Crippen LogP contribution in [0.5, 0.6) is 0 Å². The van der Waals surface area contributed by atoms with Gasteiger partial charge in [-0.15, -0.1) is 0 Å². The van der Waals surface area contributed by atoms with Crippen LogP contribution in [0.15, 0.2) is 36.5 Å². The average molecular weight is 402 g/mol. The third-order valence-corrected chi connectivity index (χ3v) is 6.50. The Labute approximate surface area is 168 Å². The molecule has 2 heterocycles. The second kappa shape index (κ2) is 6.85. The summed E-state index contributed by atoms with van der Waals surface area (Å²) in [7, 11) is 0. The third-order valence-electron chi connectivity index (χ3n) is 6.50. The van der Waals surface area contributed by atoms with Crippen LogP contribution < -0.4 is 0 Å². The normalized spacial score (nSPS) is 24.6. The van der Waals surface area contributed by atoms with Crippen molar-refractivity contribution < 1.29 is 18.0 Å². The molecule has 2 aromatic rings. The minimum Gasteiger partial charge on any atom is -0.332 e. The van der Waals surface area contributed by atoms with Crippen molar-refractivity contribution in [2.75, 3.05) is 6.54 Å². The molecule has 0 bridgehead atoms. The molecule has 1 aromatic carbocycles. The Morgan fingerprint density at radius 1 is 1.28 bits per heavy atom. The largest absolute Gasteiger partial charge is 0.332 e. The molecule has 154 valence electrons. The highest BCUT2D eigenvalue weighted by Crippen LogP contribution is 2.50. The van der Waals surface area contributed by atoms with Crippen LogP contribution in [-0.2, 0) is 11.2 Å². The van der Waals surface area contributed by atoms with E-state index in [1.54, 1.807) is 30.5 Å². The number of pyridine rings is 1. The molecule has 0 radical (unpaired) electrons. The third kappa shape index (κ3) is 3.53. The number of hydrogen-bond acceptors (Lipinski definition) is 2. The second-order valence-corrected chi connectivity index (χ2v) is 8.81. The number of carbonyl (C=O) groups excluding carboxylic acids is 1. The first-order valence-corrected chi connectivity index (χ1v) is 10.0. The summed E-state index contributed by atoms with van der Waals surface area (Å²) in [6.45, 7) is 4.58. The first-order valence-electron chi connectivity index (χ1n) is 10.0. The Kier molecular flexibility index (Phi) is 4.71. The second-order valence-electron chi connectivity index (χ2n) is 8.81. The molecule has 4 rings (SSSR count). The summed E-state index contributed by atoms with van der Waals surface area (Å²) in [5, 5.41) is 0. The summed E-state index contributed by atoms with van der Waals surface area (Å²) in [4.78, 5) is 18.4. The number of rotatable bonds is 4. The number of nitrogens with zero attached hydrogens (tertiary/aromatic N) is 2. The Hall–Kier alpha value is -2.37. The molecule has 1 aliphatic carbocycles. The molecule has 2 atom stereocenters. The van der Waals surface area contributed by atoms with Gasteiger partial charge in [-0.1, -0.05) is 26.0 Å². The lowest BCUT2D eigenvalue weighted by molar-refractivity contribution is -0.138. The smallest absolute Gasteiger partial charge is 0.269 e. The van der Waals surface area contributed by atoms with E-state index < -0.39 is 35.7 Å². The van der Waals surface area contributed by atoms with Gasteiger partial charge in [0.25, 0.3) is 5.92 Å². The van der Waals surface area contributed by atoms with Crippen molar-refractivity contribution in [3.63, 3.8) is 0 Å². The van der Waals surface area contributed by atoms with Crippen molar-refractivity contribution in [1.29, 1.82) is 0 Å². The van der Waals surface area contributed by atoms with Crippen molar-refractivity contribution in [3.8, 4) is 11.3 Å². The minimum atomic E-state index is -2.97. The van der Waals surface area contributed by atoms with Gasteiger partial charge in [-0.25, -0.2) is 13.2 Å². The number of benzene rings is 1. The fourth-order valence-corrected chi connectivity index (χ4v) is 4.14. The molecule has 1 saturated carbocycles. The maximum atomic E-state index is 15.3. The van der Waals surface area contributed by atoms with Gasteiger partial charge in [-0.3, -0.25) is 9.78 Å². The van der Waals surface area contributed by atoms with Crippen LogP contribution >= 0.6 is 0 Å². The molecule has 0 spiro atoms. The number of carbonyl (C=O) groups is 1.